The van der Waals surface area contributed by atoms with Gasteiger partial charge in [-0.25, -0.2) is 9.48 Å². The van der Waals surface area contributed by atoms with Gasteiger partial charge < -0.3 is 5.32 Å². The van der Waals surface area contributed by atoms with Gasteiger partial charge in [0, 0.05) is 15.7 Å². The third-order valence-electron chi connectivity index (χ3n) is 5.22. The van der Waals surface area contributed by atoms with Gasteiger partial charge in [0.1, 0.15) is 5.54 Å². The second-order valence-electron chi connectivity index (χ2n) is 7.43. The number of carbonyl (C=O) groups excluding carboxylic acids is 2. The van der Waals surface area contributed by atoms with E-state index >= 15 is 0 Å². The average Bonchev–Trinajstić information content (AvgIpc) is 3.13. The van der Waals surface area contributed by atoms with E-state index in [1.807, 2.05) is 73.1 Å². The van der Waals surface area contributed by atoms with Gasteiger partial charge in [-0.3, -0.25) is 9.69 Å². The van der Waals surface area contributed by atoms with Crippen molar-refractivity contribution in [2.75, 3.05) is 0 Å². The van der Waals surface area contributed by atoms with Crippen molar-refractivity contribution in [1.82, 2.24) is 20.0 Å². The Bertz CT molecular complexity index is 1110. The molecule has 148 valence electrons. The molecule has 1 aliphatic heterocycles. The van der Waals surface area contributed by atoms with Crippen molar-refractivity contribution < 1.29 is 9.59 Å². The second-order valence-corrected chi connectivity index (χ2v) is 8.29. The molecule has 6 nitrogen and oxygen atoms in total. The lowest BCUT2D eigenvalue weighted by atomic mass is 9.92. The highest BCUT2D eigenvalue weighted by molar-refractivity contribution is 9.10. The van der Waals surface area contributed by atoms with Gasteiger partial charge in [-0.15, -0.1) is 0 Å². The van der Waals surface area contributed by atoms with Crippen LogP contribution in [0, 0.1) is 13.8 Å². The van der Waals surface area contributed by atoms with Crippen LogP contribution in [0.4, 0.5) is 4.79 Å². The minimum atomic E-state index is -1.10. The van der Waals surface area contributed by atoms with E-state index in [1.165, 1.54) is 4.90 Å². The van der Waals surface area contributed by atoms with Crippen LogP contribution in [0.25, 0.3) is 5.69 Å². The number of hydrogen-bond acceptors (Lipinski definition) is 3. The van der Waals surface area contributed by atoms with Crippen molar-refractivity contribution >= 4 is 27.9 Å². The average molecular weight is 453 g/mol. The number of halogens is 1. The van der Waals surface area contributed by atoms with E-state index in [2.05, 4.69) is 26.3 Å². The fourth-order valence-corrected chi connectivity index (χ4v) is 4.39. The number of aryl methyl sites for hydroxylation is 2. The quantitative estimate of drug-likeness (QED) is 0.602. The minimum absolute atomic E-state index is 0.210. The van der Waals surface area contributed by atoms with Crippen molar-refractivity contribution in [3.63, 3.8) is 0 Å². The van der Waals surface area contributed by atoms with Crippen molar-refractivity contribution in [2.45, 2.75) is 32.9 Å². The van der Waals surface area contributed by atoms with Crippen LogP contribution in [0.3, 0.4) is 0 Å². The molecule has 2 aromatic carbocycles. The van der Waals surface area contributed by atoms with Crippen molar-refractivity contribution in [2.24, 2.45) is 0 Å². The number of amides is 3. The molecule has 7 heteroatoms. The summed E-state index contributed by atoms with van der Waals surface area (Å²) in [5.41, 5.74) is 3.46. The van der Waals surface area contributed by atoms with Crippen LogP contribution in [0.5, 0.6) is 0 Å². The molecule has 3 amide bonds. The zero-order valence-electron chi connectivity index (χ0n) is 16.4. The van der Waals surface area contributed by atoms with Gasteiger partial charge in [0.2, 0.25) is 0 Å². The van der Waals surface area contributed by atoms with Gasteiger partial charge in [-0.05, 0) is 50.6 Å². The molecule has 2 heterocycles. The molecule has 0 aliphatic carbocycles. The number of hydrogen-bond donors (Lipinski definition) is 1. The monoisotopic (exact) mass is 452 g/mol. The molecule has 0 radical (unpaired) electrons. The Hall–Kier alpha value is -2.93. The van der Waals surface area contributed by atoms with Gasteiger partial charge in [-0.2, -0.15) is 5.10 Å². The molecule has 1 N–H and O–H groups in total. The van der Waals surface area contributed by atoms with Crippen LogP contribution in [-0.2, 0) is 16.9 Å². The largest absolute Gasteiger partial charge is 0.325 e. The Labute approximate surface area is 177 Å². The predicted octanol–water partition coefficient (Wildman–Crippen LogP) is 4.22. The van der Waals surface area contributed by atoms with E-state index in [0.717, 1.165) is 32.7 Å². The van der Waals surface area contributed by atoms with Gasteiger partial charge in [0.05, 0.1) is 17.9 Å². The van der Waals surface area contributed by atoms with Crippen LogP contribution in [0.2, 0.25) is 0 Å². The third-order valence-corrected chi connectivity index (χ3v) is 5.91. The number of urea groups is 1. The molecule has 1 atom stereocenters. The zero-order valence-corrected chi connectivity index (χ0v) is 18.0. The smallest absolute Gasteiger partial charge is 0.319 e. The maximum Gasteiger partial charge on any atom is 0.325 e. The molecular weight excluding hydrogens is 432 g/mol. The number of benzene rings is 2. The number of aromatic nitrogens is 2. The lowest BCUT2D eigenvalue weighted by Gasteiger charge is -2.23. The van der Waals surface area contributed by atoms with E-state index in [1.54, 1.807) is 6.92 Å². The Balaban J connectivity index is 1.57. The Kier molecular flexibility index (Phi) is 4.78. The highest BCUT2D eigenvalue weighted by Crippen LogP contribution is 2.34. The summed E-state index contributed by atoms with van der Waals surface area (Å²) in [4.78, 5) is 27.0. The van der Waals surface area contributed by atoms with E-state index in [9.17, 15) is 9.59 Å². The maximum atomic E-state index is 13.1. The minimum Gasteiger partial charge on any atom is -0.319 e. The summed E-state index contributed by atoms with van der Waals surface area (Å²) in [6, 6.07) is 16.8. The van der Waals surface area contributed by atoms with Crippen LogP contribution in [-0.4, -0.2) is 26.6 Å². The second kappa shape index (κ2) is 7.15. The first-order valence-electron chi connectivity index (χ1n) is 9.31. The van der Waals surface area contributed by atoms with E-state index in [4.69, 9.17) is 0 Å². The van der Waals surface area contributed by atoms with Gasteiger partial charge >= 0.3 is 6.03 Å². The molecule has 1 aliphatic rings. The summed E-state index contributed by atoms with van der Waals surface area (Å²) in [5, 5.41) is 7.33. The number of rotatable bonds is 4. The fraction of sp³-hybridized carbons (Fsp3) is 0.227. The first-order valence-corrected chi connectivity index (χ1v) is 10.1. The van der Waals surface area contributed by atoms with E-state index in [-0.39, 0.29) is 12.5 Å². The summed E-state index contributed by atoms with van der Waals surface area (Å²) in [6.07, 6.45) is 0. The molecule has 1 aromatic heterocycles. The number of imide groups is 1. The Morgan fingerprint density at radius 3 is 2.38 bits per heavy atom. The fourth-order valence-electron chi connectivity index (χ4n) is 3.71. The highest BCUT2D eigenvalue weighted by atomic mass is 79.9. The first-order chi connectivity index (χ1) is 13.8. The van der Waals surface area contributed by atoms with Crippen molar-refractivity contribution in [3.8, 4) is 5.69 Å². The summed E-state index contributed by atoms with van der Waals surface area (Å²) in [7, 11) is 0. The Morgan fingerprint density at radius 2 is 1.76 bits per heavy atom. The molecular formula is C22H21BrN4O2. The zero-order chi connectivity index (χ0) is 20.8. The predicted molar refractivity (Wildman–Crippen MR) is 114 cm³/mol. The summed E-state index contributed by atoms with van der Waals surface area (Å²) >= 11 is 3.48. The lowest BCUT2D eigenvalue weighted by Crippen LogP contribution is -2.41. The standard InChI is InChI=1S/C22H21BrN4O2/c1-14-12-15(2)27(25-14)17-10-8-16(9-11-17)13-26-20(28)22(3,24-21(26)29)18-6-4-5-7-19(18)23/h4-12H,13H2,1-3H3,(H,24,29). The van der Waals surface area contributed by atoms with E-state index < -0.39 is 11.6 Å². The summed E-state index contributed by atoms with van der Waals surface area (Å²) < 4.78 is 2.66. The van der Waals surface area contributed by atoms with Crippen molar-refractivity contribution in [1.29, 1.82) is 0 Å². The molecule has 3 aromatic rings. The molecule has 0 bridgehead atoms. The molecule has 29 heavy (non-hydrogen) atoms. The van der Waals surface area contributed by atoms with Crippen LogP contribution >= 0.6 is 15.9 Å². The maximum absolute atomic E-state index is 13.1. The molecule has 1 fully saturated rings. The lowest BCUT2D eigenvalue weighted by molar-refractivity contribution is -0.131. The van der Waals surface area contributed by atoms with E-state index in [0.29, 0.717) is 0 Å². The molecule has 0 spiro atoms. The van der Waals surface area contributed by atoms with Gasteiger partial charge in [0.15, 0.2) is 0 Å². The molecule has 1 unspecified atom stereocenters. The summed E-state index contributed by atoms with van der Waals surface area (Å²) in [5.74, 6) is -0.267. The van der Waals surface area contributed by atoms with Gasteiger partial charge in [-0.1, -0.05) is 46.3 Å². The van der Waals surface area contributed by atoms with Gasteiger partial charge in [0.25, 0.3) is 5.91 Å². The van der Waals surface area contributed by atoms with Crippen LogP contribution < -0.4 is 5.32 Å². The normalized spacial score (nSPS) is 19.0. The number of carbonyl (C=O) groups is 2. The number of nitrogens with zero attached hydrogens (tertiary/aromatic N) is 3. The molecule has 0 saturated carbocycles. The van der Waals surface area contributed by atoms with Crippen LogP contribution in [0.15, 0.2) is 59.1 Å². The summed E-state index contributed by atoms with van der Waals surface area (Å²) in [6.45, 7) is 5.91. The third kappa shape index (κ3) is 3.35. The molecule has 1 saturated heterocycles. The van der Waals surface area contributed by atoms with Crippen molar-refractivity contribution in [3.05, 3.63) is 81.6 Å². The first kappa shape index (κ1) is 19.4. The SMILES string of the molecule is Cc1cc(C)n(-c2ccc(CN3C(=O)NC(C)(c4ccccc4Br)C3=O)cc2)n1. The Morgan fingerprint density at radius 1 is 1.07 bits per heavy atom. The highest BCUT2D eigenvalue weighted by Gasteiger charge is 2.49. The number of nitrogens with one attached hydrogen (secondary N) is 1. The van der Waals surface area contributed by atoms with Crippen LogP contribution in [0.1, 0.15) is 29.4 Å². The molecule has 4 rings (SSSR count). The topological polar surface area (TPSA) is 67.2 Å².